The molecule has 0 aliphatic carbocycles. The minimum absolute atomic E-state index is 0.280. The predicted octanol–water partition coefficient (Wildman–Crippen LogP) is 4.18. The molecule has 6 heteroatoms. The molecule has 31 heavy (non-hydrogen) atoms. The average molecular weight is 415 g/mol. The Bertz CT molecular complexity index is 1030. The zero-order valence-corrected chi connectivity index (χ0v) is 17.5. The normalized spacial score (nSPS) is 17.2. The van der Waals surface area contributed by atoms with Gasteiger partial charge in [0.05, 0.1) is 18.0 Å². The van der Waals surface area contributed by atoms with E-state index < -0.39 is 5.54 Å². The van der Waals surface area contributed by atoms with Crippen LogP contribution in [-0.4, -0.2) is 22.8 Å². The van der Waals surface area contributed by atoms with Crippen molar-refractivity contribution in [2.24, 2.45) is 5.16 Å². The second-order valence-corrected chi connectivity index (χ2v) is 7.82. The third-order valence-electron chi connectivity index (χ3n) is 5.53. The molecule has 1 aliphatic rings. The molecule has 2 unspecified atom stereocenters. The van der Waals surface area contributed by atoms with Gasteiger partial charge < -0.3 is 15.5 Å². The lowest BCUT2D eigenvalue weighted by atomic mass is 9.83. The van der Waals surface area contributed by atoms with E-state index in [1.807, 2.05) is 73.7 Å². The molecule has 1 aliphatic heterocycles. The van der Waals surface area contributed by atoms with Crippen LogP contribution in [0.15, 0.2) is 90.2 Å². The molecule has 2 aromatic carbocycles. The van der Waals surface area contributed by atoms with E-state index >= 15 is 0 Å². The largest absolute Gasteiger partial charge is 0.389 e. The first kappa shape index (κ1) is 20.6. The van der Waals surface area contributed by atoms with Crippen molar-refractivity contribution in [2.75, 3.05) is 0 Å². The number of aromatic nitrogens is 1. The second-order valence-electron chi connectivity index (χ2n) is 7.82. The van der Waals surface area contributed by atoms with Crippen LogP contribution in [0, 0.1) is 0 Å². The first-order chi connectivity index (χ1) is 15.1. The number of carbonyl (C=O) groups is 1. The summed E-state index contributed by atoms with van der Waals surface area (Å²) < 4.78 is 0. The van der Waals surface area contributed by atoms with Gasteiger partial charge in [-0.1, -0.05) is 71.9 Å². The van der Waals surface area contributed by atoms with Gasteiger partial charge in [-0.05, 0) is 30.2 Å². The van der Waals surface area contributed by atoms with Crippen molar-refractivity contribution in [1.29, 1.82) is 0 Å². The van der Waals surface area contributed by atoms with Crippen molar-refractivity contribution in [2.45, 2.75) is 38.0 Å². The van der Waals surface area contributed by atoms with E-state index in [2.05, 4.69) is 32.9 Å². The molecular formula is C25H26N4O2. The van der Waals surface area contributed by atoms with Crippen molar-refractivity contribution >= 4 is 11.7 Å². The third-order valence-corrected chi connectivity index (χ3v) is 5.53. The van der Waals surface area contributed by atoms with Crippen LogP contribution in [0.3, 0.4) is 0 Å². The Morgan fingerprint density at radius 1 is 1.03 bits per heavy atom. The molecular weight excluding hydrogens is 388 g/mol. The lowest BCUT2D eigenvalue weighted by Gasteiger charge is -2.35. The summed E-state index contributed by atoms with van der Waals surface area (Å²) in [6.45, 7) is 2.33. The number of amides is 2. The number of urea groups is 1. The highest BCUT2D eigenvalue weighted by atomic mass is 16.6. The molecule has 0 fully saturated rings. The van der Waals surface area contributed by atoms with E-state index in [0.717, 1.165) is 23.4 Å². The Labute approximate surface area is 182 Å². The maximum Gasteiger partial charge on any atom is 0.315 e. The lowest BCUT2D eigenvalue weighted by Crippen LogP contribution is -2.54. The van der Waals surface area contributed by atoms with E-state index in [1.54, 1.807) is 6.20 Å². The van der Waals surface area contributed by atoms with Crippen LogP contribution in [0.2, 0.25) is 0 Å². The van der Waals surface area contributed by atoms with E-state index in [9.17, 15) is 4.79 Å². The first-order valence-electron chi connectivity index (χ1n) is 10.4. The summed E-state index contributed by atoms with van der Waals surface area (Å²) >= 11 is 0. The molecule has 0 bridgehead atoms. The van der Waals surface area contributed by atoms with Crippen LogP contribution in [-0.2, 0) is 23.3 Å². The number of hydrogen-bond donors (Lipinski definition) is 2. The summed E-state index contributed by atoms with van der Waals surface area (Å²) in [5, 5.41) is 10.4. The molecule has 2 atom stereocenters. The van der Waals surface area contributed by atoms with Gasteiger partial charge in [-0.2, -0.15) is 0 Å². The number of hydrogen-bond acceptors (Lipinski definition) is 4. The lowest BCUT2D eigenvalue weighted by molar-refractivity contribution is 0.0181. The van der Waals surface area contributed by atoms with Crippen molar-refractivity contribution in [3.8, 4) is 0 Å². The van der Waals surface area contributed by atoms with Crippen LogP contribution >= 0.6 is 0 Å². The summed E-state index contributed by atoms with van der Waals surface area (Å²) in [5.41, 5.74) is 3.16. The highest BCUT2D eigenvalue weighted by Gasteiger charge is 2.42. The van der Waals surface area contributed by atoms with Crippen molar-refractivity contribution < 1.29 is 9.63 Å². The smallest absolute Gasteiger partial charge is 0.315 e. The van der Waals surface area contributed by atoms with Gasteiger partial charge in [0, 0.05) is 19.0 Å². The van der Waals surface area contributed by atoms with Crippen molar-refractivity contribution in [3.05, 3.63) is 102 Å². The minimum Gasteiger partial charge on any atom is -0.389 e. The Morgan fingerprint density at radius 3 is 2.45 bits per heavy atom. The van der Waals surface area contributed by atoms with Crippen LogP contribution < -0.4 is 10.6 Å². The van der Waals surface area contributed by atoms with Gasteiger partial charge in [0.2, 0.25) is 0 Å². The topological polar surface area (TPSA) is 75.6 Å². The van der Waals surface area contributed by atoms with Crippen LogP contribution in [0.1, 0.15) is 30.2 Å². The number of pyridine rings is 1. The fourth-order valence-corrected chi connectivity index (χ4v) is 3.75. The molecule has 0 radical (unpaired) electrons. The van der Waals surface area contributed by atoms with Crippen LogP contribution in [0.25, 0.3) is 0 Å². The zero-order valence-electron chi connectivity index (χ0n) is 17.5. The number of nitrogens with zero attached hydrogens (tertiary/aromatic N) is 2. The number of rotatable bonds is 7. The number of carbonyl (C=O) groups excluding carboxylic acids is 1. The molecule has 0 saturated heterocycles. The third kappa shape index (κ3) is 5.09. The molecule has 6 nitrogen and oxygen atoms in total. The number of benzene rings is 2. The van der Waals surface area contributed by atoms with Gasteiger partial charge >= 0.3 is 6.03 Å². The molecule has 4 rings (SSSR count). The minimum atomic E-state index is -0.753. The quantitative estimate of drug-likeness (QED) is 0.609. The summed E-state index contributed by atoms with van der Waals surface area (Å²) in [6.07, 6.45) is 2.77. The predicted molar refractivity (Wildman–Crippen MR) is 120 cm³/mol. The standard InChI is InChI=1S/C25H26N4O2/c1-25(20-12-6-3-7-13-20,28-24(30)27-18-21-14-8-9-15-26-21)23-17-22(29-31-23)16-19-10-4-2-5-11-19/h2-15,23H,16-18H2,1H3,(H2,27,28,30). The second kappa shape index (κ2) is 9.43. The monoisotopic (exact) mass is 414 g/mol. The SMILES string of the molecule is CC(NC(=O)NCc1ccccn1)(c1ccccc1)C1CC(Cc2ccccc2)=NO1. The Morgan fingerprint density at radius 2 is 1.74 bits per heavy atom. The highest BCUT2D eigenvalue weighted by Crippen LogP contribution is 2.32. The maximum atomic E-state index is 12.8. The molecule has 2 amide bonds. The maximum absolute atomic E-state index is 12.8. The summed E-state index contributed by atoms with van der Waals surface area (Å²) in [4.78, 5) is 22.9. The molecule has 1 aromatic heterocycles. The Balaban J connectivity index is 1.46. The molecule has 0 spiro atoms. The molecule has 0 saturated carbocycles. The van der Waals surface area contributed by atoms with Gasteiger partial charge in [0.25, 0.3) is 0 Å². The average Bonchev–Trinajstić information content (AvgIpc) is 3.29. The fourth-order valence-electron chi connectivity index (χ4n) is 3.75. The zero-order chi connectivity index (χ0) is 21.5. The van der Waals surface area contributed by atoms with Gasteiger partial charge in [-0.25, -0.2) is 4.79 Å². The molecule has 158 valence electrons. The molecule has 2 N–H and O–H groups in total. The van der Waals surface area contributed by atoms with Crippen LogP contribution in [0.4, 0.5) is 4.79 Å². The van der Waals surface area contributed by atoms with Crippen molar-refractivity contribution in [1.82, 2.24) is 15.6 Å². The van der Waals surface area contributed by atoms with Gasteiger partial charge in [-0.15, -0.1) is 0 Å². The Kier molecular flexibility index (Phi) is 6.26. The first-order valence-corrected chi connectivity index (χ1v) is 10.4. The molecule has 2 heterocycles. The van der Waals surface area contributed by atoms with Gasteiger partial charge in [-0.3, -0.25) is 4.98 Å². The van der Waals surface area contributed by atoms with Crippen LogP contribution in [0.5, 0.6) is 0 Å². The van der Waals surface area contributed by atoms with Gasteiger partial charge in [0.15, 0.2) is 6.10 Å². The van der Waals surface area contributed by atoms with E-state index in [1.165, 1.54) is 5.56 Å². The number of nitrogens with one attached hydrogen (secondary N) is 2. The van der Waals surface area contributed by atoms with Crippen molar-refractivity contribution in [3.63, 3.8) is 0 Å². The fraction of sp³-hybridized carbons (Fsp3) is 0.240. The summed E-state index contributed by atoms with van der Waals surface area (Å²) in [5.74, 6) is 0. The van der Waals surface area contributed by atoms with E-state index in [-0.39, 0.29) is 12.1 Å². The summed E-state index contributed by atoms with van der Waals surface area (Å²) in [6, 6.07) is 25.4. The summed E-state index contributed by atoms with van der Waals surface area (Å²) in [7, 11) is 0. The molecule has 3 aromatic rings. The van der Waals surface area contributed by atoms with E-state index in [0.29, 0.717) is 13.0 Å². The highest BCUT2D eigenvalue weighted by molar-refractivity contribution is 5.88. The van der Waals surface area contributed by atoms with E-state index in [4.69, 9.17) is 4.84 Å². The number of oxime groups is 1. The van der Waals surface area contributed by atoms with Gasteiger partial charge in [0.1, 0.15) is 5.54 Å². The Hall–Kier alpha value is -3.67.